The van der Waals surface area contributed by atoms with Crippen LogP contribution in [-0.4, -0.2) is 42.4 Å². The van der Waals surface area contributed by atoms with Crippen molar-refractivity contribution in [1.29, 1.82) is 5.26 Å². The van der Waals surface area contributed by atoms with E-state index in [4.69, 9.17) is 15.1 Å². The van der Waals surface area contributed by atoms with Crippen molar-refractivity contribution in [2.45, 2.75) is 25.3 Å². The van der Waals surface area contributed by atoms with Gasteiger partial charge in [-0.3, -0.25) is 4.90 Å². The van der Waals surface area contributed by atoms with Crippen LogP contribution in [-0.2, 0) is 0 Å². The van der Waals surface area contributed by atoms with E-state index < -0.39 is 0 Å². The molecule has 0 atom stereocenters. The van der Waals surface area contributed by atoms with Crippen molar-refractivity contribution in [2.24, 2.45) is 0 Å². The Morgan fingerprint density at radius 2 is 2.19 bits per heavy atom. The van der Waals surface area contributed by atoms with Gasteiger partial charge in [0.05, 0.1) is 6.07 Å². The lowest BCUT2D eigenvalue weighted by atomic mass is 10.2. The third-order valence-electron chi connectivity index (χ3n) is 3.37. The zero-order chi connectivity index (χ0) is 14.9. The third kappa shape index (κ3) is 5.47. The molecule has 0 heterocycles. The highest BCUT2D eigenvalue weighted by atomic mass is 16.5. The lowest BCUT2D eigenvalue weighted by Crippen LogP contribution is -2.31. The Balaban J connectivity index is 1.80. The van der Waals surface area contributed by atoms with Crippen LogP contribution in [0.4, 0.5) is 0 Å². The molecule has 1 N–H and O–H groups in total. The minimum absolute atomic E-state index is 0.139. The molecule has 1 aliphatic carbocycles. The smallest absolute Gasteiger partial charge is 0.120 e. The molecule has 0 aliphatic heterocycles. The van der Waals surface area contributed by atoms with Crippen LogP contribution in [0.3, 0.4) is 0 Å². The van der Waals surface area contributed by atoms with Crippen LogP contribution in [0, 0.1) is 23.2 Å². The molecule has 21 heavy (non-hydrogen) atoms. The van der Waals surface area contributed by atoms with Crippen LogP contribution in [0.5, 0.6) is 5.75 Å². The molecule has 0 radical (unpaired) electrons. The topological polar surface area (TPSA) is 56.5 Å². The summed E-state index contributed by atoms with van der Waals surface area (Å²) in [5.41, 5.74) is 0.838. The summed E-state index contributed by atoms with van der Waals surface area (Å²) in [4.78, 5) is 2.33. The lowest BCUT2D eigenvalue weighted by Gasteiger charge is -2.20. The zero-order valence-electron chi connectivity index (χ0n) is 12.1. The second-order valence-corrected chi connectivity index (χ2v) is 5.01. The van der Waals surface area contributed by atoms with Crippen molar-refractivity contribution in [1.82, 2.24) is 4.90 Å². The first-order valence-corrected chi connectivity index (χ1v) is 7.27. The molecule has 0 spiro atoms. The molecular formula is C17H20N2O2. The minimum Gasteiger partial charge on any atom is -0.492 e. The summed E-state index contributed by atoms with van der Waals surface area (Å²) in [6.45, 7) is 2.14. The summed E-state index contributed by atoms with van der Waals surface area (Å²) in [7, 11) is 0. The SMILES string of the molecule is N#CCCN(CCOc1cccc(C#CCO)c1)C1CC1. The Morgan fingerprint density at radius 1 is 1.33 bits per heavy atom. The molecule has 1 aromatic rings. The molecule has 1 aliphatic rings. The van der Waals surface area contributed by atoms with Crippen LogP contribution in [0.2, 0.25) is 0 Å². The first-order chi connectivity index (χ1) is 10.3. The van der Waals surface area contributed by atoms with Crippen molar-refractivity contribution in [3.63, 3.8) is 0 Å². The lowest BCUT2D eigenvalue weighted by molar-refractivity contribution is 0.204. The van der Waals surface area contributed by atoms with E-state index >= 15 is 0 Å². The molecule has 110 valence electrons. The molecule has 4 heteroatoms. The maximum Gasteiger partial charge on any atom is 0.120 e. The largest absolute Gasteiger partial charge is 0.492 e. The van der Waals surface area contributed by atoms with Gasteiger partial charge in [-0.2, -0.15) is 5.26 Å². The fourth-order valence-electron chi connectivity index (χ4n) is 2.20. The molecule has 1 fully saturated rings. The van der Waals surface area contributed by atoms with Gasteiger partial charge >= 0.3 is 0 Å². The maximum absolute atomic E-state index is 8.69. The number of nitrogens with zero attached hydrogens (tertiary/aromatic N) is 2. The van der Waals surface area contributed by atoms with Gasteiger partial charge in [-0.25, -0.2) is 0 Å². The first-order valence-electron chi connectivity index (χ1n) is 7.27. The van der Waals surface area contributed by atoms with E-state index in [0.717, 1.165) is 24.4 Å². The van der Waals surface area contributed by atoms with Crippen LogP contribution >= 0.6 is 0 Å². The molecule has 1 saturated carbocycles. The summed E-state index contributed by atoms with van der Waals surface area (Å²) in [5, 5.41) is 17.4. The molecule has 0 aromatic heterocycles. The normalized spacial score (nSPS) is 13.4. The monoisotopic (exact) mass is 284 g/mol. The van der Waals surface area contributed by atoms with Crippen molar-refractivity contribution in [3.05, 3.63) is 29.8 Å². The van der Waals surface area contributed by atoms with Crippen molar-refractivity contribution < 1.29 is 9.84 Å². The molecule has 0 unspecified atom stereocenters. The highest BCUT2D eigenvalue weighted by Gasteiger charge is 2.28. The molecule has 2 rings (SSSR count). The van der Waals surface area contributed by atoms with Gasteiger partial charge in [-0.15, -0.1) is 0 Å². The van der Waals surface area contributed by atoms with E-state index in [0.29, 0.717) is 19.1 Å². The molecular weight excluding hydrogens is 264 g/mol. The molecule has 0 amide bonds. The van der Waals surface area contributed by atoms with Gasteiger partial charge in [-0.05, 0) is 31.0 Å². The first kappa shape index (κ1) is 15.4. The van der Waals surface area contributed by atoms with Crippen molar-refractivity contribution >= 4 is 0 Å². The second kappa shape index (κ2) is 8.32. The van der Waals surface area contributed by atoms with E-state index in [1.54, 1.807) is 0 Å². The van der Waals surface area contributed by atoms with Gasteiger partial charge in [-0.1, -0.05) is 17.9 Å². The van der Waals surface area contributed by atoms with Crippen LogP contribution in [0.25, 0.3) is 0 Å². The number of ether oxygens (including phenoxy) is 1. The number of aliphatic hydroxyl groups is 1. The highest BCUT2D eigenvalue weighted by molar-refractivity contribution is 5.39. The summed E-state index contributed by atoms with van der Waals surface area (Å²) < 4.78 is 5.76. The molecule has 0 saturated heterocycles. The predicted molar refractivity (Wildman–Crippen MR) is 80.7 cm³/mol. The van der Waals surface area contributed by atoms with Crippen LogP contribution in [0.1, 0.15) is 24.8 Å². The summed E-state index contributed by atoms with van der Waals surface area (Å²) in [6.07, 6.45) is 3.04. The van der Waals surface area contributed by atoms with Crippen LogP contribution in [0.15, 0.2) is 24.3 Å². The van der Waals surface area contributed by atoms with Gasteiger partial charge in [0.15, 0.2) is 0 Å². The van der Waals surface area contributed by atoms with Crippen molar-refractivity contribution in [3.8, 4) is 23.7 Å². The average Bonchev–Trinajstić information content (AvgIpc) is 3.34. The number of benzene rings is 1. The van der Waals surface area contributed by atoms with Crippen molar-refractivity contribution in [2.75, 3.05) is 26.3 Å². The Kier molecular flexibility index (Phi) is 6.09. The van der Waals surface area contributed by atoms with Gasteiger partial charge in [0.25, 0.3) is 0 Å². The number of nitriles is 1. The van der Waals surface area contributed by atoms with Crippen LogP contribution < -0.4 is 4.74 Å². The number of rotatable bonds is 7. The Hall–Kier alpha value is -2.01. The quantitative estimate of drug-likeness (QED) is 0.776. The van der Waals surface area contributed by atoms with E-state index in [-0.39, 0.29) is 6.61 Å². The second-order valence-electron chi connectivity index (χ2n) is 5.01. The van der Waals surface area contributed by atoms with Gasteiger partial charge < -0.3 is 9.84 Å². The summed E-state index contributed by atoms with van der Waals surface area (Å²) >= 11 is 0. The Labute approximate surface area is 125 Å². The third-order valence-corrected chi connectivity index (χ3v) is 3.37. The Morgan fingerprint density at radius 3 is 2.90 bits per heavy atom. The van der Waals surface area contributed by atoms with Gasteiger partial charge in [0, 0.05) is 31.1 Å². The number of aliphatic hydroxyl groups excluding tert-OH is 1. The van der Waals surface area contributed by atoms with E-state index in [9.17, 15) is 0 Å². The maximum atomic E-state index is 8.69. The molecule has 4 nitrogen and oxygen atoms in total. The highest BCUT2D eigenvalue weighted by Crippen LogP contribution is 2.26. The summed E-state index contributed by atoms with van der Waals surface area (Å²) in [6, 6.07) is 10.4. The van der Waals surface area contributed by atoms with E-state index in [1.165, 1.54) is 12.8 Å². The number of hydrogen-bond acceptors (Lipinski definition) is 4. The van der Waals surface area contributed by atoms with Gasteiger partial charge in [0.2, 0.25) is 0 Å². The fourth-order valence-corrected chi connectivity index (χ4v) is 2.20. The average molecular weight is 284 g/mol. The fraction of sp³-hybridized carbons (Fsp3) is 0.471. The van der Waals surface area contributed by atoms with E-state index in [2.05, 4.69) is 22.8 Å². The standard InChI is InChI=1S/C17H20N2O2/c18-9-3-10-19(16-7-8-16)11-13-21-17-6-1-4-15(14-17)5-2-12-20/h1,4,6,14,16,20H,3,7-8,10-13H2. The van der Waals surface area contributed by atoms with E-state index in [1.807, 2.05) is 24.3 Å². The Bertz CT molecular complexity index is 550. The minimum atomic E-state index is -0.139. The summed E-state index contributed by atoms with van der Waals surface area (Å²) in [5.74, 6) is 6.27. The number of hydrogen-bond donors (Lipinski definition) is 1. The predicted octanol–water partition coefficient (Wildman–Crippen LogP) is 1.79. The molecule has 0 bridgehead atoms. The van der Waals surface area contributed by atoms with Gasteiger partial charge in [0.1, 0.15) is 19.0 Å². The zero-order valence-corrected chi connectivity index (χ0v) is 12.1. The molecule has 1 aromatic carbocycles.